The molecule has 0 fully saturated rings. The summed E-state index contributed by atoms with van der Waals surface area (Å²) >= 11 is 5.41. The van der Waals surface area contributed by atoms with E-state index in [1.54, 1.807) is 96.9 Å². The van der Waals surface area contributed by atoms with Crippen molar-refractivity contribution in [2.75, 3.05) is 24.7 Å². The van der Waals surface area contributed by atoms with E-state index in [1.807, 2.05) is 40.8 Å². The summed E-state index contributed by atoms with van der Waals surface area (Å²) in [7, 11) is 3.50. The van der Waals surface area contributed by atoms with Crippen LogP contribution < -0.4 is 10.9 Å². The van der Waals surface area contributed by atoms with Gasteiger partial charge in [0.2, 0.25) is 10.9 Å². The minimum Gasteiger partial charge on any atom is -0.462 e. The minimum absolute atomic E-state index is 0.0826. The fourth-order valence-electron chi connectivity index (χ4n) is 8.15. The summed E-state index contributed by atoms with van der Waals surface area (Å²) in [6, 6.07) is 19.5. The highest BCUT2D eigenvalue weighted by Crippen LogP contribution is 2.32. The molecule has 69 heavy (non-hydrogen) atoms. The highest BCUT2D eigenvalue weighted by molar-refractivity contribution is 7.99. The van der Waals surface area contributed by atoms with Gasteiger partial charge in [0.1, 0.15) is 28.2 Å². The zero-order valence-electron chi connectivity index (χ0n) is 37.7. The van der Waals surface area contributed by atoms with Gasteiger partial charge in [-0.3, -0.25) is 38.3 Å². The highest BCUT2D eigenvalue weighted by Gasteiger charge is 2.27. The lowest BCUT2D eigenvalue weighted by Crippen LogP contribution is -2.21. The molecule has 0 radical (unpaired) electrons. The molecule has 14 nitrogen and oxygen atoms in total. The second-order valence-corrected chi connectivity index (χ2v) is 16.9. The van der Waals surface area contributed by atoms with Crippen LogP contribution in [0.15, 0.2) is 124 Å². The Labute approximate surface area is 400 Å². The molecular formula is C50H43F3N8O6S2. The monoisotopic (exact) mass is 972 g/mol. The number of para-hydroxylation sites is 4. The normalized spacial score (nSPS) is 11.2. The van der Waals surface area contributed by atoms with Gasteiger partial charge in [0.15, 0.2) is 11.6 Å². The molecule has 0 unspecified atom stereocenters. The number of hydrogen-bond donors (Lipinski definition) is 1. The molecule has 0 aliphatic rings. The maximum Gasteiger partial charge on any atom is 0.345 e. The zero-order chi connectivity index (χ0) is 48.9. The van der Waals surface area contributed by atoms with Gasteiger partial charge < -0.3 is 18.6 Å². The van der Waals surface area contributed by atoms with Crippen molar-refractivity contribution >= 4 is 91.5 Å². The van der Waals surface area contributed by atoms with Crippen LogP contribution in [0, 0.1) is 17.5 Å². The molecule has 0 aliphatic heterocycles. The number of esters is 2. The third-order valence-corrected chi connectivity index (χ3v) is 12.4. The number of ether oxygens (including phenoxy) is 2. The van der Waals surface area contributed by atoms with Crippen molar-refractivity contribution < 1.29 is 32.2 Å². The van der Waals surface area contributed by atoms with Gasteiger partial charge in [-0.2, -0.15) is 12.6 Å². The second-order valence-electron chi connectivity index (χ2n) is 15.3. The first kappa shape index (κ1) is 48.0. The van der Waals surface area contributed by atoms with Crippen LogP contribution in [0.5, 0.6) is 0 Å². The van der Waals surface area contributed by atoms with Crippen LogP contribution in [0.25, 0.3) is 55.2 Å². The van der Waals surface area contributed by atoms with Crippen LogP contribution in [0.3, 0.4) is 0 Å². The molecule has 6 aromatic heterocycles. The van der Waals surface area contributed by atoms with Crippen LogP contribution in [0.4, 0.5) is 13.2 Å². The topological polar surface area (TPSA) is 157 Å². The van der Waals surface area contributed by atoms with Gasteiger partial charge in [0.25, 0.3) is 0 Å². The maximum atomic E-state index is 15.1. The summed E-state index contributed by atoms with van der Waals surface area (Å²) in [6.45, 7) is 3.52. The van der Waals surface area contributed by atoms with Gasteiger partial charge in [0, 0.05) is 80.8 Å². The number of aryl methyl sites for hydroxylation is 4. The molecule has 6 heterocycles. The van der Waals surface area contributed by atoms with Crippen LogP contribution >= 0.6 is 24.4 Å². The van der Waals surface area contributed by atoms with Gasteiger partial charge in [-0.15, -0.1) is 11.8 Å². The Morgan fingerprint density at radius 1 is 0.609 bits per heavy atom. The van der Waals surface area contributed by atoms with Gasteiger partial charge in [0.05, 0.1) is 68.5 Å². The number of fused-ring (bicyclic) bond motifs is 10. The number of benzene rings is 4. The summed E-state index contributed by atoms with van der Waals surface area (Å²) in [5.74, 6) is -2.82. The summed E-state index contributed by atoms with van der Waals surface area (Å²) in [5, 5.41) is 0.0495. The molecule has 10 rings (SSSR count). The number of imidazole rings is 2. The van der Waals surface area contributed by atoms with Crippen molar-refractivity contribution in [2.45, 2.75) is 31.6 Å². The van der Waals surface area contributed by atoms with Crippen molar-refractivity contribution in [2.24, 2.45) is 14.1 Å². The fourth-order valence-corrected chi connectivity index (χ4v) is 9.30. The van der Waals surface area contributed by atoms with Crippen molar-refractivity contribution in [3.63, 3.8) is 0 Å². The number of halogens is 3. The quantitative estimate of drug-likeness (QED) is 0.0794. The first-order valence-corrected chi connectivity index (χ1v) is 23.3. The van der Waals surface area contributed by atoms with Gasteiger partial charge in [-0.25, -0.2) is 22.8 Å². The number of carbonyl (C=O) groups excluding carboxylic acids is 2. The minimum atomic E-state index is -1.15. The molecule has 0 spiro atoms. The number of hydrogen-bond acceptors (Lipinski definition) is 12. The van der Waals surface area contributed by atoms with E-state index in [1.165, 1.54) is 17.8 Å². The Bertz CT molecular complexity index is 3700. The van der Waals surface area contributed by atoms with Crippen LogP contribution in [-0.4, -0.2) is 74.5 Å². The molecule has 0 saturated carbocycles. The lowest BCUT2D eigenvalue weighted by atomic mass is 10.1. The largest absolute Gasteiger partial charge is 0.462 e. The predicted molar refractivity (Wildman–Crippen MR) is 263 cm³/mol. The number of thiol groups is 1. The summed E-state index contributed by atoms with van der Waals surface area (Å²) in [5.41, 5.74) is 4.72. The second kappa shape index (κ2) is 20.8. The van der Waals surface area contributed by atoms with Crippen molar-refractivity contribution in [3.05, 3.63) is 170 Å². The summed E-state index contributed by atoms with van der Waals surface area (Å²) in [6.07, 6.45) is 11.6. The number of rotatable bonds is 10. The molecule has 10 aromatic rings. The SMILES string of the molecule is CCOC(=O)c1c(=O)c2cc(F)c(F)cc2n2c3ccccc3n(C)c12.CCOC(=O)c1c(=O)c2cc(F)c(SCCc3cnccn3)cc2n2c3ccccc3n(C)c12.SCCc1cnccn1. The van der Waals surface area contributed by atoms with Gasteiger partial charge >= 0.3 is 11.9 Å². The van der Waals surface area contributed by atoms with E-state index in [2.05, 4.69) is 32.6 Å². The molecular weight excluding hydrogens is 930 g/mol. The molecule has 0 aliphatic carbocycles. The van der Waals surface area contributed by atoms with E-state index >= 15 is 4.39 Å². The summed E-state index contributed by atoms with van der Waals surface area (Å²) < 4.78 is 59.9. The number of aromatic nitrogens is 8. The predicted octanol–water partition coefficient (Wildman–Crippen LogP) is 8.73. The van der Waals surface area contributed by atoms with Gasteiger partial charge in [-0.1, -0.05) is 24.3 Å². The van der Waals surface area contributed by atoms with Crippen LogP contribution in [-0.2, 0) is 36.4 Å². The average molecular weight is 973 g/mol. The standard InChI is InChI=1S/C25H21FN4O3S.C19H14F2N2O3.C6H8N2S/c1-3-33-25(32)22-23(31)16-12-17(26)21(34-11-8-15-14-27-9-10-28-15)13-20(16)30-19-7-5-4-6-18(19)29(2)24(22)30;1-3-26-19(25)16-17(24)10-8-11(20)12(21)9-15(10)23-14-7-5-4-6-13(14)22(2)18(16)23;9-4-1-6-5-7-2-3-8-6/h4-7,9-10,12-14H,3,8,11H2,1-2H3;4-9H,3H2,1-2H3;2-3,5,9H,1,4H2. The Morgan fingerprint density at radius 3 is 1.52 bits per heavy atom. The van der Waals surface area contributed by atoms with Crippen molar-refractivity contribution in [1.82, 2.24) is 37.9 Å². The molecule has 4 aromatic carbocycles. The number of pyridine rings is 2. The van der Waals surface area contributed by atoms with E-state index in [-0.39, 0.29) is 46.3 Å². The third kappa shape index (κ3) is 9.26. The number of nitrogens with zero attached hydrogens (tertiary/aromatic N) is 8. The zero-order valence-corrected chi connectivity index (χ0v) is 39.4. The van der Waals surface area contributed by atoms with E-state index in [0.29, 0.717) is 33.7 Å². The van der Waals surface area contributed by atoms with Crippen molar-refractivity contribution in [1.29, 1.82) is 0 Å². The van der Waals surface area contributed by atoms with Gasteiger partial charge in [-0.05, 0) is 62.1 Å². The lowest BCUT2D eigenvalue weighted by Gasteiger charge is -2.12. The molecule has 352 valence electrons. The third-order valence-electron chi connectivity index (χ3n) is 11.2. The fraction of sp³-hybridized carbons (Fsp3) is 0.200. The first-order chi connectivity index (χ1) is 33.4. The number of thioether (sulfide) groups is 1. The number of carbonyl (C=O) groups is 2. The van der Waals surface area contributed by atoms with Crippen molar-refractivity contribution in [3.8, 4) is 0 Å². The molecule has 0 N–H and O–H groups in total. The Kier molecular flexibility index (Phi) is 14.4. The molecule has 19 heteroatoms. The Morgan fingerprint density at radius 2 is 1.06 bits per heavy atom. The van der Waals surface area contributed by atoms with E-state index < -0.39 is 40.2 Å². The highest BCUT2D eigenvalue weighted by atomic mass is 32.2. The average Bonchev–Trinajstić information content (AvgIpc) is 3.81. The van der Waals surface area contributed by atoms with Crippen LogP contribution in [0.1, 0.15) is 46.0 Å². The lowest BCUT2D eigenvalue weighted by molar-refractivity contribution is 0.0517. The molecule has 0 atom stereocenters. The van der Waals surface area contributed by atoms with E-state index in [0.717, 1.165) is 52.2 Å². The maximum absolute atomic E-state index is 15.1. The van der Waals surface area contributed by atoms with E-state index in [4.69, 9.17) is 9.47 Å². The van der Waals surface area contributed by atoms with Crippen LogP contribution in [0.2, 0.25) is 0 Å². The molecule has 0 amide bonds. The first-order valence-electron chi connectivity index (χ1n) is 21.6. The molecule has 0 bridgehead atoms. The Hall–Kier alpha value is -7.51. The Balaban J connectivity index is 0.000000161. The smallest absolute Gasteiger partial charge is 0.345 e. The summed E-state index contributed by atoms with van der Waals surface area (Å²) in [4.78, 5) is 68.4. The van der Waals surface area contributed by atoms with E-state index in [9.17, 15) is 28.0 Å². The molecule has 0 saturated heterocycles.